The summed E-state index contributed by atoms with van der Waals surface area (Å²) in [6, 6.07) is 0.0231. The zero-order valence-corrected chi connectivity index (χ0v) is 10.6. The van der Waals surface area contributed by atoms with Crippen molar-refractivity contribution in [1.82, 2.24) is 14.9 Å². The first kappa shape index (κ1) is 13.0. The highest BCUT2D eigenvalue weighted by molar-refractivity contribution is 5.86. The molecule has 1 amide bonds. The van der Waals surface area contributed by atoms with Crippen molar-refractivity contribution >= 4 is 5.91 Å². The summed E-state index contributed by atoms with van der Waals surface area (Å²) < 4.78 is 7.16. The Labute approximate surface area is 107 Å². The Balaban J connectivity index is 1.86. The second kappa shape index (κ2) is 5.49. The second-order valence-corrected chi connectivity index (χ2v) is 4.90. The number of carbonyl (C=O) groups excluding carboxylic acids is 1. The van der Waals surface area contributed by atoms with Gasteiger partial charge in [0, 0.05) is 38.2 Å². The van der Waals surface area contributed by atoms with Gasteiger partial charge < -0.3 is 20.4 Å². The summed E-state index contributed by atoms with van der Waals surface area (Å²) in [6.45, 7) is 3.76. The third-order valence-electron chi connectivity index (χ3n) is 3.26. The van der Waals surface area contributed by atoms with Crippen molar-refractivity contribution in [1.29, 1.82) is 0 Å². The van der Waals surface area contributed by atoms with Gasteiger partial charge in [0.2, 0.25) is 5.91 Å². The van der Waals surface area contributed by atoms with Gasteiger partial charge in [0.15, 0.2) is 0 Å². The standard InChI is InChI=1S/C12H20N4O2/c1-10(8-16-5-4-14-9-16)15-11(17)12(13)2-6-18-7-3-12/h4-5,9-10H,2-3,6-8,13H2,1H3,(H,15,17). The van der Waals surface area contributed by atoms with Crippen LogP contribution in [0.15, 0.2) is 18.7 Å². The molecule has 100 valence electrons. The van der Waals surface area contributed by atoms with Crippen molar-refractivity contribution in [3.05, 3.63) is 18.7 Å². The van der Waals surface area contributed by atoms with E-state index in [4.69, 9.17) is 10.5 Å². The third kappa shape index (κ3) is 3.08. The minimum atomic E-state index is -0.776. The SMILES string of the molecule is CC(Cn1ccnc1)NC(=O)C1(N)CCOCC1. The molecule has 1 aliphatic rings. The van der Waals surface area contributed by atoms with E-state index in [0.717, 1.165) is 0 Å². The van der Waals surface area contributed by atoms with Gasteiger partial charge in [-0.15, -0.1) is 0 Å². The van der Waals surface area contributed by atoms with Crippen molar-refractivity contribution in [3.8, 4) is 0 Å². The molecule has 3 N–H and O–H groups in total. The molecule has 1 aromatic heterocycles. The highest BCUT2D eigenvalue weighted by atomic mass is 16.5. The van der Waals surface area contributed by atoms with Crippen LogP contribution in [0.2, 0.25) is 0 Å². The maximum atomic E-state index is 12.1. The molecular weight excluding hydrogens is 232 g/mol. The Morgan fingerprint density at radius 2 is 2.33 bits per heavy atom. The molecule has 0 spiro atoms. The molecule has 0 aromatic carbocycles. The fourth-order valence-corrected chi connectivity index (χ4v) is 2.09. The number of hydrogen-bond acceptors (Lipinski definition) is 4. The molecule has 6 nitrogen and oxygen atoms in total. The lowest BCUT2D eigenvalue weighted by Crippen LogP contribution is -2.58. The summed E-state index contributed by atoms with van der Waals surface area (Å²) in [5.41, 5.74) is 5.34. The first-order chi connectivity index (χ1) is 8.60. The van der Waals surface area contributed by atoms with Gasteiger partial charge in [0.25, 0.3) is 0 Å². The topological polar surface area (TPSA) is 82.2 Å². The van der Waals surface area contributed by atoms with Crippen LogP contribution >= 0.6 is 0 Å². The Kier molecular flexibility index (Phi) is 3.98. The lowest BCUT2D eigenvalue weighted by Gasteiger charge is -2.33. The summed E-state index contributed by atoms with van der Waals surface area (Å²) in [4.78, 5) is 16.1. The van der Waals surface area contributed by atoms with Gasteiger partial charge in [-0.3, -0.25) is 4.79 Å². The highest BCUT2D eigenvalue weighted by Gasteiger charge is 2.36. The fourth-order valence-electron chi connectivity index (χ4n) is 2.09. The number of nitrogens with one attached hydrogen (secondary N) is 1. The van der Waals surface area contributed by atoms with Crippen LogP contribution < -0.4 is 11.1 Å². The van der Waals surface area contributed by atoms with Crippen LogP contribution in [0.5, 0.6) is 0 Å². The van der Waals surface area contributed by atoms with Crippen LogP contribution in [0.4, 0.5) is 0 Å². The molecule has 2 rings (SSSR count). The predicted molar refractivity (Wildman–Crippen MR) is 66.8 cm³/mol. The number of ether oxygens (including phenoxy) is 1. The van der Waals surface area contributed by atoms with E-state index in [9.17, 15) is 4.79 Å². The summed E-state index contributed by atoms with van der Waals surface area (Å²) in [5.74, 6) is -0.0848. The Morgan fingerprint density at radius 3 is 2.94 bits per heavy atom. The van der Waals surface area contributed by atoms with Crippen LogP contribution in [0, 0.1) is 0 Å². The molecule has 1 atom stereocenters. The van der Waals surface area contributed by atoms with Gasteiger partial charge in [0.05, 0.1) is 11.9 Å². The molecule has 1 saturated heterocycles. The van der Waals surface area contributed by atoms with Crippen molar-refractivity contribution in [2.75, 3.05) is 13.2 Å². The molecule has 2 heterocycles. The molecule has 18 heavy (non-hydrogen) atoms. The van der Waals surface area contributed by atoms with Gasteiger partial charge in [-0.1, -0.05) is 0 Å². The molecule has 0 saturated carbocycles. The van der Waals surface area contributed by atoms with Crippen molar-refractivity contribution < 1.29 is 9.53 Å². The first-order valence-electron chi connectivity index (χ1n) is 6.23. The number of amides is 1. The molecule has 1 aliphatic heterocycles. The predicted octanol–water partition coefficient (Wildman–Crippen LogP) is -0.104. The molecule has 0 aliphatic carbocycles. The van der Waals surface area contributed by atoms with E-state index < -0.39 is 5.54 Å². The molecule has 1 fully saturated rings. The van der Waals surface area contributed by atoms with E-state index in [1.54, 1.807) is 12.5 Å². The largest absolute Gasteiger partial charge is 0.381 e. The lowest BCUT2D eigenvalue weighted by molar-refractivity contribution is -0.130. The smallest absolute Gasteiger partial charge is 0.240 e. The lowest BCUT2D eigenvalue weighted by atomic mass is 9.90. The fraction of sp³-hybridized carbons (Fsp3) is 0.667. The van der Waals surface area contributed by atoms with Crippen molar-refractivity contribution in [2.24, 2.45) is 5.73 Å². The Bertz CT molecular complexity index is 385. The van der Waals surface area contributed by atoms with Crippen LogP contribution in [0.3, 0.4) is 0 Å². The summed E-state index contributed by atoms with van der Waals surface area (Å²) >= 11 is 0. The third-order valence-corrected chi connectivity index (χ3v) is 3.26. The van der Waals surface area contributed by atoms with Gasteiger partial charge in [0.1, 0.15) is 0 Å². The minimum absolute atomic E-state index is 0.0231. The van der Waals surface area contributed by atoms with Gasteiger partial charge in [-0.05, 0) is 19.8 Å². The number of aromatic nitrogens is 2. The molecule has 0 radical (unpaired) electrons. The number of rotatable bonds is 4. The van der Waals surface area contributed by atoms with Crippen LogP contribution in [0.25, 0.3) is 0 Å². The summed E-state index contributed by atoms with van der Waals surface area (Å²) in [6.07, 6.45) is 6.48. The van der Waals surface area contributed by atoms with E-state index in [1.165, 1.54) is 0 Å². The number of nitrogens with zero attached hydrogens (tertiary/aromatic N) is 2. The Hall–Kier alpha value is -1.40. The quantitative estimate of drug-likeness (QED) is 0.783. The minimum Gasteiger partial charge on any atom is -0.381 e. The zero-order valence-electron chi connectivity index (χ0n) is 10.6. The van der Waals surface area contributed by atoms with Crippen molar-refractivity contribution in [3.63, 3.8) is 0 Å². The van der Waals surface area contributed by atoms with Gasteiger partial charge >= 0.3 is 0 Å². The van der Waals surface area contributed by atoms with Gasteiger partial charge in [-0.2, -0.15) is 0 Å². The van der Waals surface area contributed by atoms with E-state index in [2.05, 4.69) is 10.3 Å². The second-order valence-electron chi connectivity index (χ2n) is 4.90. The Morgan fingerprint density at radius 1 is 1.61 bits per heavy atom. The van der Waals surface area contributed by atoms with E-state index in [-0.39, 0.29) is 11.9 Å². The number of nitrogens with two attached hydrogens (primary N) is 1. The molecular formula is C12H20N4O2. The summed E-state index contributed by atoms with van der Waals surface area (Å²) in [7, 11) is 0. The number of imidazole rings is 1. The van der Waals surface area contributed by atoms with Crippen molar-refractivity contribution in [2.45, 2.75) is 37.9 Å². The van der Waals surface area contributed by atoms with E-state index >= 15 is 0 Å². The van der Waals surface area contributed by atoms with Crippen LogP contribution in [-0.2, 0) is 16.1 Å². The monoisotopic (exact) mass is 252 g/mol. The molecule has 6 heteroatoms. The van der Waals surface area contributed by atoms with Gasteiger partial charge in [-0.25, -0.2) is 4.98 Å². The molecule has 0 bridgehead atoms. The maximum Gasteiger partial charge on any atom is 0.240 e. The maximum absolute atomic E-state index is 12.1. The summed E-state index contributed by atoms with van der Waals surface area (Å²) in [5, 5.41) is 2.96. The van der Waals surface area contributed by atoms with Crippen LogP contribution in [0.1, 0.15) is 19.8 Å². The number of hydrogen-bond donors (Lipinski definition) is 2. The molecule has 1 aromatic rings. The number of carbonyl (C=O) groups is 1. The zero-order chi connectivity index (χ0) is 13.0. The average Bonchev–Trinajstić information content (AvgIpc) is 2.82. The normalized spacial score (nSPS) is 20.3. The molecule has 1 unspecified atom stereocenters. The van der Waals surface area contributed by atoms with E-state index in [0.29, 0.717) is 32.6 Å². The highest BCUT2D eigenvalue weighted by Crippen LogP contribution is 2.17. The average molecular weight is 252 g/mol. The first-order valence-corrected chi connectivity index (χ1v) is 6.23. The van der Waals surface area contributed by atoms with E-state index in [1.807, 2.05) is 17.7 Å². The van der Waals surface area contributed by atoms with Crippen LogP contribution in [-0.4, -0.2) is 40.3 Å².